The topological polar surface area (TPSA) is 26.3 Å². The molecule has 15 heavy (non-hydrogen) atoms. The molecular weight excluding hydrogens is 263 g/mol. The normalized spacial score (nSPS) is 10.1. The molecule has 82 valence electrons. The quantitative estimate of drug-likeness (QED) is 0.789. The Kier molecular flexibility index (Phi) is 4.27. The predicted molar refractivity (Wildman–Crippen MR) is 59.8 cm³/mol. The SMILES string of the molecule is COc1c(C)cc(F)c(Br)c1CCC=O. The van der Waals surface area contributed by atoms with Crippen LogP contribution in [-0.2, 0) is 11.2 Å². The van der Waals surface area contributed by atoms with Crippen molar-refractivity contribution in [3.8, 4) is 5.75 Å². The zero-order chi connectivity index (χ0) is 11.4. The molecule has 0 fully saturated rings. The molecule has 0 bridgehead atoms. The van der Waals surface area contributed by atoms with Crippen LogP contribution < -0.4 is 4.74 Å². The maximum Gasteiger partial charge on any atom is 0.138 e. The molecule has 0 saturated carbocycles. The fourth-order valence-corrected chi connectivity index (χ4v) is 2.00. The lowest BCUT2D eigenvalue weighted by molar-refractivity contribution is -0.107. The third-order valence-electron chi connectivity index (χ3n) is 2.17. The Bertz CT molecular complexity index is 377. The van der Waals surface area contributed by atoms with Gasteiger partial charge in [0, 0.05) is 12.0 Å². The van der Waals surface area contributed by atoms with Crippen LogP contribution in [-0.4, -0.2) is 13.4 Å². The minimum absolute atomic E-state index is 0.325. The number of halogens is 2. The van der Waals surface area contributed by atoms with Crippen LogP contribution >= 0.6 is 15.9 Å². The third kappa shape index (κ3) is 2.56. The van der Waals surface area contributed by atoms with Gasteiger partial charge in [0.2, 0.25) is 0 Å². The molecule has 0 heterocycles. The number of benzene rings is 1. The Labute approximate surface area is 96.6 Å². The summed E-state index contributed by atoms with van der Waals surface area (Å²) < 4.78 is 19.0. The van der Waals surface area contributed by atoms with Crippen LogP contribution in [0.2, 0.25) is 0 Å². The molecule has 1 rings (SSSR count). The number of ether oxygens (including phenoxy) is 1. The standard InChI is InChI=1S/C11H12BrFO2/c1-7-6-9(13)10(12)8(4-3-5-14)11(7)15-2/h5-6H,3-4H2,1-2H3. The Morgan fingerprint density at radius 3 is 2.80 bits per heavy atom. The lowest BCUT2D eigenvalue weighted by Crippen LogP contribution is -1.99. The smallest absolute Gasteiger partial charge is 0.138 e. The Balaban J connectivity index is 3.23. The third-order valence-corrected chi connectivity index (χ3v) is 3.02. The summed E-state index contributed by atoms with van der Waals surface area (Å²) in [5.74, 6) is 0.319. The van der Waals surface area contributed by atoms with Crippen LogP contribution in [0.3, 0.4) is 0 Å². The van der Waals surface area contributed by atoms with E-state index >= 15 is 0 Å². The van der Waals surface area contributed by atoms with Gasteiger partial charge >= 0.3 is 0 Å². The number of aldehydes is 1. The van der Waals surface area contributed by atoms with E-state index in [-0.39, 0.29) is 5.82 Å². The van der Waals surface area contributed by atoms with Crippen molar-refractivity contribution in [1.82, 2.24) is 0 Å². The van der Waals surface area contributed by atoms with Gasteiger partial charge in [0.15, 0.2) is 0 Å². The number of methoxy groups -OCH3 is 1. The van der Waals surface area contributed by atoms with Gasteiger partial charge in [-0.25, -0.2) is 4.39 Å². The van der Waals surface area contributed by atoms with Crippen LogP contribution in [0.5, 0.6) is 5.75 Å². The summed E-state index contributed by atoms with van der Waals surface area (Å²) in [5.41, 5.74) is 1.45. The first kappa shape index (κ1) is 12.2. The average molecular weight is 275 g/mol. The highest BCUT2D eigenvalue weighted by atomic mass is 79.9. The zero-order valence-corrected chi connectivity index (χ0v) is 10.2. The van der Waals surface area contributed by atoms with E-state index in [1.54, 1.807) is 6.92 Å². The van der Waals surface area contributed by atoms with Gasteiger partial charge in [-0.2, -0.15) is 0 Å². The molecular formula is C11H12BrFO2. The lowest BCUT2D eigenvalue weighted by Gasteiger charge is -2.13. The molecule has 0 atom stereocenters. The molecule has 0 aliphatic rings. The first-order valence-electron chi connectivity index (χ1n) is 4.57. The van der Waals surface area contributed by atoms with Crippen molar-refractivity contribution in [3.05, 3.63) is 27.5 Å². The van der Waals surface area contributed by atoms with Crippen molar-refractivity contribution in [2.45, 2.75) is 19.8 Å². The molecule has 4 heteroatoms. The molecule has 0 saturated heterocycles. The van der Waals surface area contributed by atoms with Gasteiger partial charge in [0.25, 0.3) is 0 Å². The Morgan fingerprint density at radius 2 is 2.27 bits per heavy atom. The number of rotatable bonds is 4. The number of carbonyl (C=O) groups is 1. The van der Waals surface area contributed by atoms with Crippen molar-refractivity contribution in [2.75, 3.05) is 7.11 Å². The van der Waals surface area contributed by atoms with Gasteiger partial charge in [-0.1, -0.05) is 0 Å². The van der Waals surface area contributed by atoms with Crippen LogP contribution in [0.15, 0.2) is 10.5 Å². The summed E-state index contributed by atoms with van der Waals surface area (Å²) in [6, 6.07) is 1.41. The molecule has 1 aromatic carbocycles. The van der Waals surface area contributed by atoms with E-state index in [9.17, 15) is 9.18 Å². The van der Waals surface area contributed by atoms with Crippen molar-refractivity contribution in [2.24, 2.45) is 0 Å². The van der Waals surface area contributed by atoms with Crippen LogP contribution in [0.25, 0.3) is 0 Å². The molecule has 0 spiro atoms. The van der Waals surface area contributed by atoms with Crippen molar-refractivity contribution >= 4 is 22.2 Å². The van der Waals surface area contributed by atoms with E-state index in [1.165, 1.54) is 13.2 Å². The largest absolute Gasteiger partial charge is 0.496 e. The highest BCUT2D eigenvalue weighted by molar-refractivity contribution is 9.10. The minimum atomic E-state index is -0.325. The molecule has 0 aliphatic heterocycles. The molecule has 0 amide bonds. The van der Waals surface area contributed by atoms with Crippen molar-refractivity contribution < 1.29 is 13.9 Å². The molecule has 0 radical (unpaired) electrons. The van der Waals surface area contributed by atoms with Crippen LogP contribution in [0, 0.1) is 12.7 Å². The number of carbonyl (C=O) groups excluding carboxylic acids is 1. The highest BCUT2D eigenvalue weighted by Crippen LogP contribution is 2.33. The maximum absolute atomic E-state index is 13.4. The Hall–Kier alpha value is -0.900. The van der Waals surface area contributed by atoms with Gasteiger partial charge in [-0.05, 0) is 40.9 Å². The first-order valence-corrected chi connectivity index (χ1v) is 5.36. The van der Waals surface area contributed by atoms with E-state index < -0.39 is 0 Å². The highest BCUT2D eigenvalue weighted by Gasteiger charge is 2.14. The van der Waals surface area contributed by atoms with Crippen molar-refractivity contribution in [1.29, 1.82) is 0 Å². The van der Waals surface area contributed by atoms with E-state index in [2.05, 4.69) is 15.9 Å². The van der Waals surface area contributed by atoms with Gasteiger partial charge in [-0.3, -0.25) is 0 Å². The van der Waals surface area contributed by atoms with Crippen LogP contribution in [0.4, 0.5) is 4.39 Å². The average Bonchev–Trinajstić information content (AvgIpc) is 2.21. The van der Waals surface area contributed by atoms with Gasteiger partial charge in [0.1, 0.15) is 17.9 Å². The maximum atomic E-state index is 13.4. The molecule has 0 N–H and O–H groups in total. The summed E-state index contributed by atoms with van der Waals surface area (Å²) in [4.78, 5) is 10.3. The zero-order valence-electron chi connectivity index (χ0n) is 8.64. The fourth-order valence-electron chi connectivity index (χ4n) is 1.51. The van der Waals surface area contributed by atoms with Crippen LogP contribution in [0.1, 0.15) is 17.5 Å². The Morgan fingerprint density at radius 1 is 1.60 bits per heavy atom. The molecule has 0 aliphatic carbocycles. The predicted octanol–water partition coefficient (Wildman–Crippen LogP) is 3.04. The second kappa shape index (κ2) is 5.26. The summed E-state index contributed by atoms with van der Waals surface area (Å²) in [6.07, 6.45) is 1.65. The fraction of sp³-hybridized carbons (Fsp3) is 0.364. The monoisotopic (exact) mass is 274 g/mol. The number of aryl methyl sites for hydroxylation is 1. The first-order chi connectivity index (χ1) is 7.11. The molecule has 2 nitrogen and oxygen atoms in total. The van der Waals surface area contributed by atoms with Crippen molar-refractivity contribution in [3.63, 3.8) is 0 Å². The summed E-state index contributed by atoms with van der Waals surface area (Å²) in [6.45, 7) is 1.78. The van der Waals surface area contributed by atoms with E-state index in [0.717, 1.165) is 11.8 Å². The number of hydrogen-bond donors (Lipinski definition) is 0. The lowest BCUT2D eigenvalue weighted by atomic mass is 10.1. The second-order valence-electron chi connectivity index (χ2n) is 3.21. The molecule has 1 aromatic rings. The summed E-state index contributed by atoms with van der Waals surface area (Å²) in [5, 5.41) is 0. The number of hydrogen-bond acceptors (Lipinski definition) is 2. The molecule has 0 unspecified atom stereocenters. The van der Waals surface area contributed by atoms with Gasteiger partial charge in [0.05, 0.1) is 11.6 Å². The second-order valence-corrected chi connectivity index (χ2v) is 4.00. The van der Waals surface area contributed by atoms with E-state index in [4.69, 9.17) is 4.74 Å². The summed E-state index contributed by atoms with van der Waals surface area (Å²) in [7, 11) is 1.54. The van der Waals surface area contributed by atoms with Gasteiger partial charge < -0.3 is 9.53 Å². The van der Waals surface area contributed by atoms with E-state index in [1.807, 2.05) is 0 Å². The minimum Gasteiger partial charge on any atom is -0.496 e. The summed E-state index contributed by atoms with van der Waals surface area (Å²) >= 11 is 3.17. The molecule has 0 aromatic heterocycles. The van der Waals surface area contributed by atoms with E-state index in [0.29, 0.717) is 28.6 Å². The van der Waals surface area contributed by atoms with Gasteiger partial charge in [-0.15, -0.1) is 0 Å².